The highest BCUT2D eigenvalue weighted by Crippen LogP contribution is 2.45. The summed E-state index contributed by atoms with van der Waals surface area (Å²) in [5, 5.41) is 10.6. The fraction of sp³-hybridized carbons (Fsp3) is 0.429. The minimum atomic E-state index is 0.294. The van der Waals surface area contributed by atoms with Crippen molar-refractivity contribution in [3.63, 3.8) is 0 Å². The van der Waals surface area contributed by atoms with Gasteiger partial charge in [0.25, 0.3) is 0 Å². The number of ether oxygens (including phenoxy) is 1. The van der Waals surface area contributed by atoms with E-state index in [2.05, 4.69) is 84.2 Å². The second kappa shape index (κ2) is 8.37. The molecule has 0 saturated carbocycles. The van der Waals surface area contributed by atoms with E-state index in [4.69, 9.17) is 9.73 Å². The van der Waals surface area contributed by atoms with E-state index in [1.165, 1.54) is 10.4 Å². The lowest BCUT2D eigenvalue weighted by molar-refractivity contribution is 0.218. The lowest BCUT2D eigenvalue weighted by atomic mass is 9.72. The third kappa shape index (κ3) is 4.51. The Kier molecular flexibility index (Phi) is 6.53. The largest absolute Gasteiger partial charge is 0.495 e. The van der Waals surface area contributed by atoms with Crippen molar-refractivity contribution in [2.45, 2.75) is 40.0 Å². The number of fused-ring (bicyclic) bond motifs is 1. The molecule has 2 aromatic rings. The van der Waals surface area contributed by atoms with Crippen LogP contribution in [0.4, 0.5) is 5.00 Å². The number of nitrogens with zero attached hydrogens (tertiary/aromatic N) is 2. The average molecular weight is 604 g/mol. The second-order valence-electron chi connectivity index (χ2n) is 7.87. The lowest BCUT2D eigenvalue weighted by Crippen LogP contribution is -2.26. The number of benzene rings is 1. The molecule has 0 spiro atoms. The fourth-order valence-electron chi connectivity index (χ4n) is 3.54. The number of hydrogen-bond donors (Lipinski definition) is 0. The lowest BCUT2D eigenvalue weighted by Gasteiger charge is -2.33. The van der Waals surface area contributed by atoms with Crippen LogP contribution < -0.4 is 4.74 Å². The Labute approximate surface area is 192 Å². The smallest absolute Gasteiger partial charge is 0.141 e. The van der Waals surface area contributed by atoms with Crippen LogP contribution in [-0.4, -0.2) is 13.3 Å². The maximum absolute atomic E-state index is 9.73. The Bertz CT molecular complexity index is 935. The van der Waals surface area contributed by atoms with E-state index >= 15 is 0 Å². The Morgan fingerprint density at radius 1 is 1.33 bits per heavy atom. The first-order valence-corrected chi connectivity index (χ1v) is 11.8. The quantitative estimate of drug-likeness (QED) is 0.288. The highest BCUT2D eigenvalue weighted by Gasteiger charge is 2.32. The monoisotopic (exact) mass is 604 g/mol. The predicted molar refractivity (Wildman–Crippen MR) is 130 cm³/mol. The van der Waals surface area contributed by atoms with Gasteiger partial charge in [-0.15, -0.1) is 11.3 Å². The normalized spacial score (nSPS) is 17.0. The van der Waals surface area contributed by atoms with Gasteiger partial charge in [-0.3, -0.25) is 0 Å². The van der Waals surface area contributed by atoms with Crippen molar-refractivity contribution in [1.82, 2.24) is 0 Å². The summed E-state index contributed by atoms with van der Waals surface area (Å²) in [6.07, 6.45) is 5.02. The summed E-state index contributed by atoms with van der Waals surface area (Å²) in [5.74, 6) is 1.48. The molecule has 1 aliphatic carbocycles. The summed E-state index contributed by atoms with van der Waals surface area (Å²) < 4.78 is 7.74. The maximum atomic E-state index is 9.73. The number of aliphatic imine (C=N–C) groups is 1. The number of hydrogen-bond acceptors (Lipinski definition) is 4. The minimum Gasteiger partial charge on any atom is -0.495 e. The third-order valence-corrected chi connectivity index (χ3v) is 7.73. The van der Waals surface area contributed by atoms with Crippen LogP contribution in [-0.2, 0) is 12.8 Å². The average Bonchev–Trinajstić information content (AvgIpc) is 2.95. The van der Waals surface area contributed by atoms with Gasteiger partial charge in [-0.25, -0.2) is 4.99 Å². The predicted octanol–water partition coefficient (Wildman–Crippen LogP) is 6.74. The van der Waals surface area contributed by atoms with Gasteiger partial charge in [-0.05, 0) is 93.5 Å². The molecule has 0 amide bonds. The molecule has 3 nitrogen and oxygen atoms in total. The zero-order valence-corrected chi connectivity index (χ0v) is 21.0. The van der Waals surface area contributed by atoms with Gasteiger partial charge in [-0.2, -0.15) is 5.26 Å². The van der Waals surface area contributed by atoms with Crippen molar-refractivity contribution in [3.8, 4) is 11.8 Å². The van der Waals surface area contributed by atoms with Crippen LogP contribution in [0.25, 0.3) is 0 Å². The van der Waals surface area contributed by atoms with Gasteiger partial charge < -0.3 is 4.74 Å². The number of rotatable bonds is 3. The Morgan fingerprint density at radius 3 is 2.70 bits per heavy atom. The molecule has 0 bridgehead atoms. The number of thiophene rings is 1. The van der Waals surface area contributed by atoms with Crippen LogP contribution in [0.3, 0.4) is 0 Å². The van der Waals surface area contributed by atoms with E-state index in [0.29, 0.717) is 11.3 Å². The Hall–Kier alpha value is -0.660. The second-order valence-corrected chi connectivity index (χ2v) is 11.4. The Balaban J connectivity index is 1.97. The first-order valence-electron chi connectivity index (χ1n) is 8.86. The molecular formula is C21H22I2N2OS. The van der Waals surface area contributed by atoms with E-state index in [-0.39, 0.29) is 0 Å². The summed E-state index contributed by atoms with van der Waals surface area (Å²) in [7, 11) is 1.68. The molecular weight excluding hydrogens is 582 g/mol. The SMILES string of the molecule is COc1c(I)cc(I)cc1C=Nc1sc2c(c1C#N)CC[C@H](C(C)(C)C)C2. The third-order valence-electron chi connectivity index (χ3n) is 5.15. The van der Waals surface area contributed by atoms with Crippen LogP contribution >= 0.6 is 56.5 Å². The summed E-state index contributed by atoms with van der Waals surface area (Å²) in [6, 6.07) is 6.54. The molecule has 3 rings (SSSR count). The molecule has 0 fully saturated rings. The molecule has 1 aromatic heterocycles. The number of methoxy groups -OCH3 is 1. The van der Waals surface area contributed by atoms with Gasteiger partial charge in [-0.1, -0.05) is 20.8 Å². The van der Waals surface area contributed by atoms with Gasteiger partial charge in [0.05, 0.1) is 16.2 Å². The molecule has 0 N–H and O–H groups in total. The van der Waals surface area contributed by atoms with Crippen LogP contribution in [0.5, 0.6) is 5.75 Å². The van der Waals surface area contributed by atoms with E-state index in [1.54, 1.807) is 18.4 Å². The van der Waals surface area contributed by atoms with Crippen LogP contribution in [0, 0.1) is 29.8 Å². The molecule has 6 heteroatoms. The molecule has 1 atom stereocenters. The maximum Gasteiger partial charge on any atom is 0.141 e. The summed E-state index contributed by atoms with van der Waals surface area (Å²) in [5.41, 5.74) is 3.22. The van der Waals surface area contributed by atoms with Crippen molar-refractivity contribution in [3.05, 3.63) is 40.8 Å². The Morgan fingerprint density at radius 2 is 2.07 bits per heavy atom. The van der Waals surface area contributed by atoms with Crippen LogP contribution in [0.1, 0.15) is 48.8 Å². The molecule has 1 aromatic carbocycles. The molecule has 1 heterocycles. The van der Waals surface area contributed by atoms with E-state index in [9.17, 15) is 5.26 Å². The van der Waals surface area contributed by atoms with Gasteiger partial charge in [0.15, 0.2) is 0 Å². The first kappa shape index (κ1) is 21.1. The zero-order chi connectivity index (χ0) is 19.8. The fourth-order valence-corrected chi connectivity index (χ4v) is 6.87. The van der Waals surface area contributed by atoms with E-state index < -0.39 is 0 Å². The number of halogens is 2. The van der Waals surface area contributed by atoms with Crippen LogP contribution in [0.15, 0.2) is 17.1 Å². The minimum absolute atomic E-state index is 0.294. The summed E-state index contributed by atoms with van der Waals surface area (Å²) >= 11 is 6.26. The van der Waals surface area contributed by atoms with Gasteiger partial charge in [0.1, 0.15) is 16.8 Å². The van der Waals surface area contributed by atoms with Crippen molar-refractivity contribution in [1.29, 1.82) is 5.26 Å². The highest BCUT2D eigenvalue weighted by molar-refractivity contribution is 14.1. The molecule has 0 saturated heterocycles. The van der Waals surface area contributed by atoms with Crippen molar-refractivity contribution in [2.24, 2.45) is 16.3 Å². The molecule has 27 heavy (non-hydrogen) atoms. The molecule has 1 aliphatic rings. The standard InChI is InChI=1S/C21H22I2N2OS/c1-21(2,3)13-5-6-15-16(10-24)20(27-18(15)8-13)25-11-12-7-14(22)9-17(23)19(12)26-4/h7,9,11,13H,5-6,8H2,1-4H3/t13-/m0/s1. The van der Waals surface area contributed by atoms with Gasteiger partial charge in [0.2, 0.25) is 0 Å². The zero-order valence-electron chi connectivity index (χ0n) is 15.9. The topological polar surface area (TPSA) is 45.4 Å². The molecule has 0 radical (unpaired) electrons. The highest BCUT2D eigenvalue weighted by atomic mass is 127. The van der Waals surface area contributed by atoms with Crippen molar-refractivity contribution < 1.29 is 4.74 Å². The van der Waals surface area contributed by atoms with Crippen molar-refractivity contribution in [2.75, 3.05) is 7.11 Å². The summed E-state index contributed by atoms with van der Waals surface area (Å²) in [4.78, 5) is 6.06. The van der Waals surface area contributed by atoms with E-state index in [0.717, 1.165) is 48.3 Å². The van der Waals surface area contributed by atoms with Gasteiger partial charge >= 0.3 is 0 Å². The molecule has 0 aliphatic heterocycles. The van der Waals surface area contributed by atoms with E-state index in [1.807, 2.05) is 6.21 Å². The van der Waals surface area contributed by atoms with Crippen molar-refractivity contribution >= 4 is 67.7 Å². The number of nitriles is 1. The molecule has 142 valence electrons. The summed E-state index contributed by atoms with van der Waals surface area (Å²) in [6.45, 7) is 6.93. The van der Waals surface area contributed by atoms with Crippen LogP contribution in [0.2, 0.25) is 0 Å². The van der Waals surface area contributed by atoms with Gasteiger partial charge in [0, 0.05) is 20.2 Å². The first-order chi connectivity index (χ1) is 12.7. The molecule has 0 unspecified atom stereocenters.